The molecule has 142 valence electrons. The van der Waals surface area contributed by atoms with E-state index in [9.17, 15) is 0 Å². The summed E-state index contributed by atoms with van der Waals surface area (Å²) in [6.45, 7) is 0. The standard InChI is InChI=1S/C19H19N3O3S.BrH/c1-23-15-7-4-13(5-8-15)11-20-22-19-21-16(12-26-19)14-6-9-17(24-2)18(10-14)25-3;/h4-12H,1-3H3,(H,21,22);1H/b20-11+;. The molecule has 0 spiro atoms. The Morgan fingerprint density at radius 2 is 1.70 bits per heavy atom. The van der Waals surface area contributed by atoms with E-state index >= 15 is 0 Å². The molecule has 0 radical (unpaired) electrons. The molecule has 6 nitrogen and oxygen atoms in total. The third-order valence-electron chi connectivity index (χ3n) is 3.67. The summed E-state index contributed by atoms with van der Waals surface area (Å²) in [7, 11) is 4.87. The van der Waals surface area contributed by atoms with E-state index in [1.165, 1.54) is 11.3 Å². The third-order valence-corrected chi connectivity index (χ3v) is 4.42. The SMILES string of the molecule is Br.COc1ccc(/C=N/Nc2nc(-c3ccc(OC)c(OC)c3)cs2)cc1. The van der Waals surface area contributed by atoms with Crippen molar-refractivity contribution in [1.82, 2.24) is 4.98 Å². The van der Waals surface area contributed by atoms with Crippen LogP contribution in [0.1, 0.15) is 5.56 Å². The van der Waals surface area contributed by atoms with Crippen molar-refractivity contribution in [3.05, 3.63) is 53.4 Å². The van der Waals surface area contributed by atoms with E-state index in [0.29, 0.717) is 16.6 Å². The predicted molar refractivity (Wildman–Crippen MR) is 115 cm³/mol. The van der Waals surface area contributed by atoms with Gasteiger partial charge in [-0.1, -0.05) is 0 Å². The van der Waals surface area contributed by atoms with Crippen molar-refractivity contribution in [2.45, 2.75) is 0 Å². The molecular formula is C19H20BrN3O3S. The van der Waals surface area contributed by atoms with Crippen LogP contribution in [-0.4, -0.2) is 32.5 Å². The van der Waals surface area contributed by atoms with Gasteiger partial charge in [0.25, 0.3) is 0 Å². The summed E-state index contributed by atoms with van der Waals surface area (Å²) in [4.78, 5) is 4.55. The summed E-state index contributed by atoms with van der Waals surface area (Å²) in [5.41, 5.74) is 5.72. The molecule has 2 aromatic carbocycles. The molecule has 0 saturated heterocycles. The van der Waals surface area contributed by atoms with Gasteiger partial charge in [0.1, 0.15) is 5.75 Å². The number of methoxy groups -OCH3 is 3. The number of benzene rings is 2. The van der Waals surface area contributed by atoms with Crippen LogP contribution in [0, 0.1) is 0 Å². The normalized spacial score (nSPS) is 10.3. The van der Waals surface area contributed by atoms with Crippen LogP contribution < -0.4 is 19.6 Å². The molecule has 0 amide bonds. The van der Waals surface area contributed by atoms with Crippen molar-refractivity contribution >= 4 is 39.7 Å². The summed E-state index contributed by atoms with van der Waals surface area (Å²) in [5, 5.41) is 6.90. The molecule has 0 atom stereocenters. The predicted octanol–water partition coefficient (Wildman–Crippen LogP) is 4.86. The second kappa shape index (κ2) is 9.94. The lowest BCUT2D eigenvalue weighted by Crippen LogP contribution is -1.92. The number of hydrogen-bond acceptors (Lipinski definition) is 7. The lowest BCUT2D eigenvalue weighted by atomic mass is 10.1. The number of hydrogen-bond donors (Lipinski definition) is 1. The summed E-state index contributed by atoms with van der Waals surface area (Å²) in [6.07, 6.45) is 1.73. The summed E-state index contributed by atoms with van der Waals surface area (Å²) in [5.74, 6) is 2.17. The summed E-state index contributed by atoms with van der Waals surface area (Å²) < 4.78 is 15.7. The average Bonchev–Trinajstić information content (AvgIpc) is 3.17. The summed E-state index contributed by atoms with van der Waals surface area (Å²) in [6, 6.07) is 13.4. The minimum atomic E-state index is 0. The van der Waals surface area contributed by atoms with Crippen LogP contribution in [-0.2, 0) is 0 Å². The Labute approximate surface area is 172 Å². The van der Waals surface area contributed by atoms with E-state index < -0.39 is 0 Å². The number of ether oxygens (including phenoxy) is 3. The Bertz CT molecular complexity index is 897. The highest BCUT2D eigenvalue weighted by Gasteiger charge is 2.09. The number of thiazole rings is 1. The Hall–Kier alpha value is -2.58. The van der Waals surface area contributed by atoms with Gasteiger partial charge < -0.3 is 14.2 Å². The quantitative estimate of drug-likeness (QED) is 0.412. The van der Waals surface area contributed by atoms with Gasteiger partial charge in [-0.15, -0.1) is 28.3 Å². The minimum Gasteiger partial charge on any atom is -0.497 e. The minimum absolute atomic E-state index is 0. The van der Waals surface area contributed by atoms with Crippen LogP contribution >= 0.6 is 28.3 Å². The second-order valence-electron chi connectivity index (χ2n) is 5.25. The average molecular weight is 450 g/mol. The highest BCUT2D eigenvalue weighted by atomic mass is 79.9. The molecule has 1 heterocycles. The van der Waals surface area contributed by atoms with E-state index in [0.717, 1.165) is 22.6 Å². The first-order valence-electron chi connectivity index (χ1n) is 7.84. The van der Waals surface area contributed by atoms with E-state index in [4.69, 9.17) is 14.2 Å². The van der Waals surface area contributed by atoms with Crippen molar-refractivity contribution < 1.29 is 14.2 Å². The molecule has 0 aliphatic carbocycles. The van der Waals surface area contributed by atoms with Crippen LogP contribution in [0.4, 0.5) is 5.13 Å². The number of nitrogens with zero attached hydrogens (tertiary/aromatic N) is 2. The molecule has 3 aromatic rings. The van der Waals surface area contributed by atoms with Gasteiger partial charge >= 0.3 is 0 Å². The number of halogens is 1. The fourth-order valence-electron chi connectivity index (χ4n) is 2.31. The van der Waals surface area contributed by atoms with Gasteiger partial charge in [-0.2, -0.15) is 5.10 Å². The highest BCUT2D eigenvalue weighted by Crippen LogP contribution is 2.33. The zero-order valence-electron chi connectivity index (χ0n) is 15.1. The van der Waals surface area contributed by atoms with Gasteiger partial charge in [-0.3, -0.25) is 5.43 Å². The topological polar surface area (TPSA) is 65.0 Å². The molecule has 27 heavy (non-hydrogen) atoms. The Morgan fingerprint density at radius 3 is 2.37 bits per heavy atom. The number of hydrazone groups is 1. The lowest BCUT2D eigenvalue weighted by molar-refractivity contribution is 0.355. The van der Waals surface area contributed by atoms with Crippen molar-refractivity contribution in [2.75, 3.05) is 26.8 Å². The van der Waals surface area contributed by atoms with Gasteiger partial charge in [0.15, 0.2) is 11.5 Å². The number of anilines is 1. The molecule has 1 aromatic heterocycles. The molecule has 3 rings (SSSR count). The first kappa shape index (κ1) is 20.7. The van der Waals surface area contributed by atoms with Crippen LogP contribution in [0.25, 0.3) is 11.3 Å². The van der Waals surface area contributed by atoms with Crippen molar-refractivity contribution in [2.24, 2.45) is 5.10 Å². The van der Waals surface area contributed by atoms with E-state index in [2.05, 4.69) is 15.5 Å². The van der Waals surface area contributed by atoms with Gasteiger partial charge in [0, 0.05) is 10.9 Å². The van der Waals surface area contributed by atoms with Gasteiger partial charge in [-0.25, -0.2) is 4.98 Å². The van der Waals surface area contributed by atoms with E-state index in [1.54, 1.807) is 27.5 Å². The van der Waals surface area contributed by atoms with E-state index in [-0.39, 0.29) is 17.0 Å². The monoisotopic (exact) mass is 449 g/mol. The number of nitrogens with one attached hydrogen (secondary N) is 1. The molecule has 0 aliphatic rings. The van der Waals surface area contributed by atoms with Crippen LogP contribution in [0.3, 0.4) is 0 Å². The fourth-order valence-corrected chi connectivity index (χ4v) is 2.97. The van der Waals surface area contributed by atoms with Crippen LogP contribution in [0.5, 0.6) is 17.2 Å². The maximum atomic E-state index is 5.34. The molecule has 0 fully saturated rings. The Balaban J connectivity index is 0.00000261. The smallest absolute Gasteiger partial charge is 0.203 e. The molecule has 8 heteroatoms. The first-order chi connectivity index (χ1) is 12.7. The maximum absolute atomic E-state index is 5.34. The zero-order valence-corrected chi connectivity index (χ0v) is 17.7. The Morgan fingerprint density at radius 1 is 0.963 bits per heavy atom. The van der Waals surface area contributed by atoms with Gasteiger partial charge in [0.2, 0.25) is 5.13 Å². The van der Waals surface area contributed by atoms with Crippen LogP contribution in [0.2, 0.25) is 0 Å². The Kier molecular flexibility index (Phi) is 7.63. The van der Waals surface area contributed by atoms with Crippen LogP contribution in [0.15, 0.2) is 52.9 Å². The largest absolute Gasteiger partial charge is 0.497 e. The molecule has 0 bridgehead atoms. The zero-order chi connectivity index (χ0) is 18.4. The number of rotatable bonds is 7. The highest BCUT2D eigenvalue weighted by molar-refractivity contribution is 8.93. The second-order valence-corrected chi connectivity index (χ2v) is 6.11. The number of aromatic nitrogens is 1. The molecule has 0 aliphatic heterocycles. The first-order valence-corrected chi connectivity index (χ1v) is 8.72. The third kappa shape index (κ3) is 5.21. The van der Waals surface area contributed by atoms with E-state index in [1.807, 2.05) is 47.8 Å². The van der Waals surface area contributed by atoms with Gasteiger partial charge in [0.05, 0.1) is 33.2 Å². The van der Waals surface area contributed by atoms with Crippen molar-refractivity contribution in [1.29, 1.82) is 0 Å². The molecule has 1 N–H and O–H groups in total. The lowest BCUT2D eigenvalue weighted by Gasteiger charge is -2.08. The fraction of sp³-hybridized carbons (Fsp3) is 0.158. The van der Waals surface area contributed by atoms with Crippen molar-refractivity contribution in [3.8, 4) is 28.5 Å². The van der Waals surface area contributed by atoms with Crippen molar-refractivity contribution in [3.63, 3.8) is 0 Å². The van der Waals surface area contributed by atoms with Gasteiger partial charge in [-0.05, 0) is 48.0 Å². The molecular weight excluding hydrogens is 430 g/mol. The molecule has 0 saturated carbocycles. The maximum Gasteiger partial charge on any atom is 0.203 e. The molecule has 0 unspecified atom stereocenters. The summed E-state index contributed by atoms with van der Waals surface area (Å²) >= 11 is 1.48.